The molecule has 0 aliphatic heterocycles. The Morgan fingerprint density at radius 2 is 1.84 bits per heavy atom. The van der Waals surface area contributed by atoms with Crippen LogP contribution in [0.5, 0.6) is 11.5 Å². The zero-order chi connectivity index (χ0) is 13.8. The number of rotatable bonds is 4. The molecule has 1 aromatic heterocycles. The van der Waals surface area contributed by atoms with E-state index in [0.717, 1.165) is 11.3 Å². The number of aromatic amines is 1. The standard InChI is InChI=1S/C14H15NO4/c1-17-12-6-4-5-9(13(12)18-2)10-7-8-11(15-10)14(16)19-3/h4-8,15H,1-3H3. The van der Waals surface area contributed by atoms with E-state index in [1.54, 1.807) is 26.4 Å². The fourth-order valence-electron chi connectivity index (χ4n) is 1.88. The van der Waals surface area contributed by atoms with Gasteiger partial charge in [-0.1, -0.05) is 6.07 Å². The molecule has 0 fully saturated rings. The maximum Gasteiger partial charge on any atom is 0.354 e. The molecule has 0 aliphatic carbocycles. The third kappa shape index (κ3) is 2.40. The van der Waals surface area contributed by atoms with Crippen LogP contribution in [0, 0.1) is 0 Å². The summed E-state index contributed by atoms with van der Waals surface area (Å²) in [5.74, 6) is 0.839. The number of methoxy groups -OCH3 is 3. The van der Waals surface area contributed by atoms with Crippen molar-refractivity contribution in [3.05, 3.63) is 36.0 Å². The molecule has 1 heterocycles. The minimum absolute atomic E-state index is 0.391. The molecule has 19 heavy (non-hydrogen) atoms. The molecule has 100 valence electrons. The van der Waals surface area contributed by atoms with E-state index in [9.17, 15) is 4.79 Å². The lowest BCUT2D eigenvalue weighted by Crippen LogP contribution is -2.01. The number of para-hydroxylation sites is 1. The predicted octanol–water partition coefficient (Wildman–Crippen LogP) is 2.49. The van der Waals surface area contributed by atoms with Crippen LogP contribution in [-0.2, 0) is 4.74 Å². The molecule has 5 heteroatoms. The Labute approximate surface area is 111 Å². The van der Waals surface area contributed by atoms with E-state index in [4.69, 9.17) is 9.47 Å². The molecular weight excluding hydrogens is 246 g/mol. The van der Waals surface area contributed by atoms with Gasteiger partial charge in [0.1, 0.15) is 5.69 Å². The number of carbonyl (C=O) groups is 1. The summed E-state index contributed by atoms with van der Waals surface area (Å²) in [5, 5.41) is 0. The van der Waals surface area contributed by atoms with Crippen LogP contribution in [-0.4, -0.2) is 32.3 Å². The number of carbonyl (C=O) groups excluding carboxylic acids is 1. The monoisotopic (exact) mass is 261 g/mol. The SMILES string of the molecule is COC(=O)c1ccc(-c2cccc(OC)c2OC)[nH]1. The third-order valence-corrected chi connectivity index (χ3v) is 2.78. The quantitative estimate of drug-likeness (QED) is 0.859. The van der Waals surface area contributed by atoms with E-state index >= 15 is 0 Å². The summed E-state index contributed by atoms with van der Waals surface area (Å²) >= 11 is 0. The van der Waals surface area contributed by atoms with Crippen molar-refractivity contribution in [3.8, 4) is 22.8 Å². The van der Waals surface area contributed by atoms with Gasteiger partial charge < -0.3 is 19.2 Å². The van der Waals surface area contributed by atoms with Crippen molar-refractivity contribution < 1.29 is 19.0 Å². The van der Waals surface area contributed by atoms with Crippen LogP contribution in [0.15, 0.2) is 30.3 Å². The first kappa shape index (κ1) is 13.0. The first-order valence-corrected chi connectivity index (χ1v) is 5.70. The number of H-pyrrole nitrogens is 1. The van der Waals surface area contributed by atoms with Crippen molar-refractivity contribution >= 4 is 5.97 Å². The number of hydrogen-bond acceptors (Lipinski definition) is 4. The second-order valence-corrected chi connectivity index (χ2v) is 3.82. The van der Waals surface area contributed by atoms with Gasteiger partial charge in [0.25, 0.3) is 0 Å². The van der Waals surface area contributed by atoms with Gasteiger partial charge in [-0.15, -0.1) is 0 Å². The van der Waals surface area contributed by atoms with Gasteiger partial charge in [0.2, 0.25) is 0 Å². The second kappa shape index (κ2) is 5.48. The van der Waals surface area contributed by atoms with E-state index in [2.05, 4.69) is 9.72 Å². The highest BCUT2D eigenvalue weighted by Gasteiger charge is 2.14. The lowest BCUT2D eigenvalue weighted by atomic mass is 10.1. The van der Waals surface area contributed by atoms with E-state index in [1.807, 2.05) is 18.2 Å². The van der Waals surface area contributed by atoms with E-state index in [0.29, 0.717) is 17.2 Å². The van der Waals surface area contributed by atoms with Gasteiger partial charge in [-0.3, -0.25) is 0 Å². The Morgan fingerprint density at radius 1 is 1.05 bits per heavy atom. The van der Waals surface area contributed by atoms with Crippen molar-refractivity contribution in [1.29, 1.82) is 0 Å². The summed E-state index contributed by atoms with van der Waals surface area (Å²) in [7, 11) is 4.50. The fourth-order valence-corrected chi connectivity index (χ4v) is 1.88. The Bertz CT molecular complexity index is 589. The smallest absolute Gasteiger partial charge is 0.354 e. The Hall–Kier alpha value is -2.43. The van der Waals surface area contributed by atoms with Gasteiger partial charge in [0.05, 0.1) is 21.3 Å². The molecule has 0 saturated carbocycles. The Balaban J connectivity index is 2.47. The maximum absolute atomic E-state index is 11.4. The van der Waals surface area contributed by atoms with Crippen molar-refractivity contribution in [3.63, 3.8) is 0 Å². The van der Waals surface area contributed by atoms with Gasteiger partial charge in [-0.05, 0) is 24.3 Å². The molecule has 1 N–H and O–H groups in total. The summed E-state index contributed by atoms with van der Waals surface area (Å²) in [4.78, 5) is 14.4. The van der Waals surface area contributed by atoms with Crippen LogP contribution in [0.2, 0.25) is 0 Å². The summed E-state index contributed by atoms with van der Waals surface area (Å²) in [6.07, 6.45) is 0. The highest BCUT2D eigenvalue weighted by molar-refractivity contribution is 5.89. The predicted molar refractivity (Wildman–Crippen MR) is 70.7 cm³/mol. The van der Waals surface area contributed by atoms with Gasteiger partial charge in [0.15, 0.2) is 11.5 Å². The molecule has 0 aliphatic rings. The Kier molecular flexibility index (Phi) is 3.75. The van der Waals surface area contributed by atoms with Crippen molar-refractivity contribution in [2.24, 2.45) is 0 Å². The van der Waals surface area contributed by atoms with E-state index < -0.39 is 5.97 Å². The highest BCUT2D eigenvalue weighted by Crippen LogP contribution is 2.37. The number of hydrogen-bond donors (Lipinski definition) is 1. The van der Waals surface area contributed by atoms with Crippen LogP contribution in [0.25, 0.3) is 11.3 Å². The minimum Gasteiger partial charge on any atom is -0.493 e. The first-order valence-electron chi connectivity index (χ1n) is 5.70. The van der Waals surface area contributed by atoms with Crippen LogP contribution in [0.1, 0.15) is 10.5 Å². The highest BCUT2D eigenvalue weighted by atomic mass is 16.5. The van der Waals surface area contributed by atoms with Gasteiger partial charge in [-0.25, -0.2) is 4.79 Å². The minimum atomic E-state index is -0.409. The number of nitrogens with one attached hydrogen (secondary N) is 1. The molecule has 2 aromatic rings. The molecular formula is C14H15NO4. The van der Waals surface area contributed by atoms with Crippen molar-refractivity contribution in [2.45, 2.75) is 0 Å². The molecule has 0 unspecified atom stereocenters. The third-order valence-electron chi connectivity index (χ3n) is 2.78. The number of ether oxygens (including phenoxy) is 3. The van der Waals surface area contributed by atoms with E-state index in [-0.39, 0.29) is 0 Å². The molecule has 0 atom stereocenters. The average Bonchev–Trinajstić information content (AvgIpc) is 2.95. The zero-order valence-electron chi connectivity index (χ0n) is 11.0. The van der Waals surface area contributed by atoms with Crippen molar-refractivity contribution in [2.75, 3.05) is 21.3 Å². The fraction of sp³-hybridized carbons (Fsp3) is 0.214. The zero-order valence-corrected chi connectivity index (χ0v) is 11.0. The summed E-state index contributed by atoms with van der Waals surface area (Å²) < 4.78 is 15.3. The van der Waals surface area contributed by atoms with E-state index in [1.165, 1.54) is 7.11 Å². The molecule has 5 nitrogen and oxygen atoms in total. The summed E-state index contributed by atoms with van der Waals surface area (Å²) in [6, 6.07) is 9.01. The van der Waals surface area contributed by atoms with Crippen LogP contribution in [0.4, 0.5) is 0 Å². The normalized spacial score (nSPS) is 10.1. The number of aromatic nitrogens is 1. The lowest BCUT2D eigenvalue weighted by Gasteiger charge is -2.11. The average molecular weight is 261 g/mol. The molecule has 2 rings (SSSR count). The number of benzene rings is 1. The topological polar surface area (TPSA) is 60.6 Å². The molecule has 0 amide bonds. The molecule has 0 radical (unpaired) electrons. The summed E-state index contributed by atoms with van der Waals surface area (Å²) in [5.41, 5.74) is 1.97. The van der Waals surface area contributed by atoms with Gasteiger partial charge in [-0.2, -0.15) is 0 Å². The van der Waals surface area contributed by atoms with Gasteiger partial charge >= 0.3 is 5.97 Å². The van der Waals surface area contributed by atoms with Crippen molar-refractivity contribution in [1.82, 2.24) is 4.98 Å². The van der Waals surface area contributed by atoms with Gasteiger partial charge in [0, 0.05) is 11.3 Å². The van der Waals surface area contributed by atoms with Crippen LogP contribution < -0.4 is 9.47 Å². The Morgan fingerprint density at radius 3 is 2.47 bits per heavy atom. The number of esters is 1. The lowest BCUT2D eigenvalue weighted by molar-refractivity contribution is 0.0595. The first-order chi connectivity index (χ1) is 9.21. The largest absolute Gasteiger partial charge is 0.493 e. The molecule has 0 bridgehead atoms. The van der Waals surface area contributed by atoms with Crippen LogP contribution in [0.3, 0.4) is 0 Å². The molecule has 0 saturated heterocycles. The van der Waals surface area contributed by atoms with Crippen LogP contribution >= 0.6 is 0 Å². The second-order valence-electron chi connectivity index (χ2n) is 3.82. The maximum atomic E-state index is 11.4. The molecule has 0 spiro atoms. The molecule has 1 aromatic carbocycles. The summed E-state index contributed by atoms with van der Waals surface area (Å²) in [6.45, 7) is 0.